The third-order valence-electron chi connectivity index (χ3n) is 1.91. The summed E-state index contributed by atoms with van der Waals surface area (Å²) in [4.78, 5) is 23.9. The second-order valence-electron chi connectivity index (χ2n) is 3.08. The largest absolute Gasteiger partial charge is 0.383 e. The van der Waals surface area contributed by atoms with Gasteiger partial charge in [-0.05, 0) is 13.8 Å². The lowest BCUT2D eigenvalue weighted by Crippen LogP contribution is -2.48. The molecule has 1 N–H and O–H groups in total. The average molecular weight is 237 g/mol. The number of carbonyl (C=O) groups is 2. The van der Waals surface area contributed by atoms with Crippen LogP contribution in [0.3, 0.4) is 0 Å². The summed E-state index contributed by atoms with van der Waals surface area (Å²) in [5, 5.41) is 2.18. The number of rotatable bonds is 5. The molecule has 0 spiro atoms. The number of amides is 3. The monoisotopic (exact) mass is 236 g/mol. The number of hydrogen-bond acceptors (Lipinski definition) is 3. The minimum atomic E-state index is -0.496. The summed E-state index contributed by atoms with van der Waals surface area (Å²) in [5.74, 6) is -0.716. The predicted molar refractivity (Wildman–Crippen MR) is 58.0 cm³/mol. The van der Waals surface area contributed by atoms with Gasteiger partial charge in [-0.1, -0.05) is 0 Å². The van der Waals surface area contributed by atoms with E-state index in [-0.39, 0.29) is 11.9 Å². The highest BCUT2D eigenvalue weighted by Crippen LogP contribution is 1.99. The summed E-state index contributed by atoms with van der Waals surface area (Å²) in [6.07, 6.45) is 0. The van der Waals surface area contributed by atoms with E-state index < -0.39 is 11.9 Å². The minimum Gasteiger partial charge on any atom is -0.383 e. The average Bonchev–Trinajstić information content (AvgIpc) is 2.19. The molecule has 0 aliphatic heterocycles. The first-order valence-corrected chi connectivity index (χ1v) is 5.25. The predicted octanol–water partition coefficient (Wildman–Crippen LogP) is 0.818. The lowest BCUT2D eigenvalue weighted by Gasteiger charge is -2.27. The molecule has 0 aliphatic carbocycles. The van der Waals surface area contributed by atoms with Crippen LogP contribution in [0.25, 0.3) is 0 Å². The van der Waals surface area contributed by atoms with Crippen LogP contribution in [-0.4, -0.2) is 49.0 Å². The zero-order chi connectivity index (χ0) is 11.8. The Morgan fingerprint density at radius 1 is 1.53 bits per heavy atom. The number of methoxy groups -OCH3 is 1. The van der Waals surface area contributed by atoms with Crippen LogP contribution in [-0.2, 0) is 9.53 Å². The smallest absolute Gasteiger partial charge is 0.324 e. The number of carbonyl (C=O) groups excluding carboxylic acids is 2. The molecular formula is C9H17ClN2O3. The molecule has 0 aliphatic rings. The van der Waals surface area contributed by atoms with Crippen molar-refractivity contribution < 1.29 is 14.3 Å². The van der Waals surface area contributed by atoms with Crippen molar-refractivity contribution in [2.24, 2.45) is 0 Å². The van der Waals surface area contributed by atoms with Gasteiger partial charge < -0.3 is 9.64 Å². The second kappa shape index (κ2) is 7.48. The molecule has 15 heavy (non-hydrogen) atoms. The quantitative estimate of drug-likeness (QED) is 0.719. The lowest BCUT2D eigenvalue weighted by atomic mass is 10.3. The number of alkyl halides is 1. The Morgan fingerprint density at radius 3 is 2.53 bits per heavy atom. The zero-order valence-corrected chi connectivity index (χ0v) is 10.0. The highest BCUT2D eigenvalue weighted by Gasteiger charge is 2.19. The Bertz CT molecular complexity index is 223. The van der Waals surface area contributed by atoms with Crippen molar-refractivity contribution in [2.75, 3.05) is 26.1 Å². The molecule has 0 fully saturated rings. The summed E-state index contributed by atoms with van der Waals surface area (Å²) in [6, 6.07) is -0.518. The first-order chi connectivity index (χ1) is 7.06. The van der Waals surface area contributed by atoms with Crippen molar-refractivity contribution in [3.8, 4) is 0 Å². The Hall–Kier alpha value is -0.810. The molecule has 0 rings (SSSR count). The molecule has 0 aromatic heterocycles. The third kappa shape index (κ3) is 4.99. The summed E-state index contributed by atoms with van der Waals surface area (Å²) >= 11 is 5.28. The SMILES string of the molecule is CCN(C(=O)NC(=O)CCl)C(C)COC. The van der Waals surface area contributed by atoms with Gasteiger partial charge in [-0.15, -0.1) is 11.6 Å². The van der Waals surface area contributed by atoms with Crippen molar-refractivity contribution in [1.29, 1.82) is 0 Å². The molecule has 5 nitrogen and oxygen atoms in total. The van der Waals surface area contributed by atoms with Crippen molar-refractivity contribution in [2.45, 2.75) is 19.9 Å². The normalized spacial score (nSPS) is 12.0. The van der Waals surface area contributed by atoms with Crippen LogP contribution in [0.1, 0.15) is 13.8 Å². The number of hydrogen-bond donors (Lipinski definition) is 1. The number of nitrogens with zero attached hydrogens (tertiary/aromatic N) is 1. The van der Waals surface area contributed by atoms with E-state index >= 15 is 0 Å². The van der Waals surface area contributed by atoms with E-state index in [9.17, 15) is 9.59 Å². The van der Waals surface area contributed by atoms with Gasteiger partial charge in [0.05, 0.1) is 12.6 Å². The molecule has 0 aromatic rings. The molecular weight excluding hydrogens is 220 g/mol. The van der Waals surface area contributed by atoms with Crippen LogP contribution in [0, 0.1) is 0 Å². The van der Waals surface area contributed by atoms with Gasteiger partial charge in [0.15, 0.2) is 0 Å². The molecule has 0 aromatic carbocycles. The van der Waals surface area contributed by atoms with Crippen LogP contribution in [0.15, 0.2) is 0 Å². The molecule has 0 radical (unpaired) electrons. The second-order valence-corrected chi connectivity index (χ2v) is 3.34. The summed E-state index contributed by atoms with van der Waals surface area (Å²) in [6.45, 7) is 4.61. The van der Waals surface area contributed by atoms with E-state index in [1.165, 1.54) is 4.90 Å². The van der Waals surface area contributed by atoms with E-state index in [4.69, 9.17) is 16.3 Å². The fourth-order valence-corrected chi connectivity index (χ4v) is 1.28. The highest BCUT2D eigenvalue weighted by molar-refractivity contribution is 6.28. The molecule has 1 unspecified atom stereocenters. The number of urea groups is 1. The minimum absolute atomic E-state index is 0.0804. The Balaban J connectivity index is 4.27. The van der Waals surface area contributed by atoms with Crippen molar-refractivity contribution >= 4 is 23.5 Å². The lowest BCUT2D eigenvalue weighted by molar-refractivity contribution is -0.117. The molecule has 0 saturated heterocycles. The summed E-state index contributed by atoms with van der Waals surface area (Å²) in [5.41, 5.74) is 0. The van der Waals surface area contributed by atoms with E-state index in [1.54, 1.807) is 7.11 Å². The van der Waals surface area contributed by atoms with E-state index in [0.29, 0.717) is 13.2 Å². The Labute approximate surface area is 94.7 Å². The molecule has 0 saturated carbocycles. The van der Waals surface area contributed by atoms with Crippen LogP contribution in [0.5, 0.6) is 0 Å². The zero-order valence-electron chi connectivity index (χ0n) is 9.25. The number of halogens is 1. The van der Waals surface area contributed by atoms with Crippen LogP contribution >= 0.6 is 11.6 Å². The van der Waals surface area contributed by atoms with Gasteiger partial charge in [-0.3, -0.25) is 10.1 Å². The summed E-state index contributed by atoms with van der Waals surface area (Å²) in [7, 11) is 1.56. The maximum atomic E-state index is 11.5. The van der Waals surface area contributed by atoms with Gasteiger partial charge in [-0.2, -0.15) is 0 Å². The number of nitrogens with one attached hydrogen (secondary N) is 1. The summed E-state index contributed by atoms with van der Waals surface area (Å²) < 4.78 is 4.94. The topological polar surface area (TPSA) is 58.6 Å². The Morgan fingerprint density at radius 2 is 2.13 bits per heavy atom. The van der Waals surface area contributed by atoms with Gasteiger partial charge in [0.25, 0.3) is 0 Å². The number of ether oxygens (including phenoxy) is 1. The van der Waals surface area contributed by atoms with Crippen molar-refractivity contribution in [3.05, 3.63) is 0 Å². The first kappa shape index (κ1) is 14.2. The van der Waals surface area contributed by atoms with Crippen molar-refractivity contribution in [3.63, 3.8) is 0 Å². The Kier molecular flexibility index (Phi) is 7.07. The van der Waals surface area contributed by atoms with Gasteiger partial charge in [0.2, 0.25) is 5.91 Å². The fourth-order valence-electron chi connectivity index (χ4n) is 1.21. The highest BCUT2D eigenvalue weighted by atomic mass is 35.5. The number of imide groups is 1. The van der Waals surface area contributed by atoms with Crippen LogP contribution < -0.4 is 5.32 Å². The van der Waals surface area contributed by atoms with Crippen LogP contribution in [0.4, 0.5) is 4.79 Å². The fraction of sp³-hybridized carbons (Fsp3) is 0.778. The molecule has 3 amide bonds. The van der Waals surface area contributed by atoms with Crippen molar-refractivity contribution in [1.82, 2.24) is 10.2 Å². The first-order valence-electron chi connectivity index (χ1n) is 4.72. The molecule has 1 atom stereocenters. The molecule has 0 heterocycles. The molecule has 0 bridgehead atoms. The van der Waals surface area contributed by atoms with Crippen LogP contribution in [0.2, 0.25) is 0 Å². The maximum absolute atomic E-state index is 11.5. The molecule has 88 valence electrons. The standard InChI is InChI=1S/C9H17ClN2O3/c1-4-12(7(2)6-15-3)9(14)11-8(13)5-10/h7H,4-6H2,1-3H3,(H,11,13,14). The van der Waals surface area contributed by atoms with Gasteiger partial charge in [0.1, 0.15) is 5.88 Å². The van der Waals surface area contributed by atoms with E-state index in [0.717, 1.165) is 0 Å². The van der Waals surface area contributed by atoms with Gasteiger partial charge in [0, 0.05) is 13.7 Å². The van der Waals surface area contributed by atoms with Gasteiger partial charge >= 0.3 is 6.03 Å². The molecule has 6 heteroatoms. The van der Waals surface area contributed by atoms with E-state index in [2.05, 4.69) is 5.32 Å². The van der Waals surface area contributed by atoms with E-state index in [1.807, 2.05) is 13.8 Å². The maximum Gasteiger partial charge on any atom is 0.324 e. The number of likely N-dealkylation sites (N-methyl/N-ethyl adjacent to an activating group) is 1. The third-order valence-corrected chi connectivity index (χ3v) is 2.15. The van der Waals surface area contributed by atoms with Gasteiger partial charge in [-0.25, -0.2) is 4.79 Å².